The molecule has 3 N–H and O–H groups in total. The molecule has 2 heterocycles. The van der Waals surface area contributed by atoms with Crippen LogP contribution in [0, 0.1) is 5.41 Å². The van der Waals surface area contributed by atoms with Crippen LogP contribution in [-0.2, 0) is 14.3 Å². The molecule has 2 atom stereocenters. The molecule has 0 aliphatic carbocycles. The van der Waals surface area contributed by atoms with Gasteiger partial charge in [0.15, 0.2) is 0 Å². The zero-order chi connectivity index (χ0) is 13.2. The first-order chi connectivity index (χ1) is 8.54. The molecule has 0 spiro atoms. The van der Waals surface area contributed by atoms with E-state index in [0.717, 1.165) is 25.9 Å². The summed E-state index contributed by atoms with van der Waals surface area (Å²) in [4.78, 5) is 25.6. The maximum Gasteiger partial charge on any atom is 0.241 e. The summed E-state index contributed by atoms with van der Waals surface area (Å²) < 4.78 is 5.22. The van der Waals surface area contributed by atoms with Crippen molar-refractivity contribution in [2.45, 2.75) is 25.8 Å². The van der Waals surface area contributed by atoms with Crippen LogP contribution in [0.5, 0.6) is 0 Å². The van der Waals surface area contributed by atoms with Gasteiger partial charge >= 0.3 is 0 Å². The Balaban J connectivity index is 1.82. The van der Waals surface area contributed by atoms with Gasteiger partial charge in [0.05, 0.1) is 25.2 Å². The minimum atomic E-state index is -0.717. The highest BCUT2D eigenvalue weighted by atomic mass is 16.5. The number of likely N-dealkylation sites (tertiary alicyclic amines) is 1. The van der Waals surface area contributed by atoms with Gasteiger partial charge in [-0.1, -0.05) is 0 Å². The molecule has 102 valence electrons. The van der Waals surface area contributed by atoms with Crippen molar-refractivity contribution in [1.29, 1.82) is 0 Å². The predicted molar refractivity (Wildman–Crippen MR) is 65.7 cm³/mol. The summed E-state index contributed by atoms with van der Waals surface area (Å²) in [5.41, 5.74) is 5.14. The minimum absolute atomic E-state index is 0.0167. The molecule has 18 heavy (non-hydrogen) atoms. The van der Waals surface area contributed by atoms with Crippen LogP contribution in [-0.4, -0.2) is 55.6 Å². The van der Waals surface area contributed by atoms with Crippen LogP contribution in [0.1, 0.15) is 19.8 Å². The molecule has 2 aliphatic rings. The predicted octanol–water partition coefficient (Wildman–Crippen LogP) is -0.911. The van der Waals surface area contributed by atoms with Crippen molar-refractivity contribution in [1.82, 2.24) is 10.2 Å². The lowest BCUT2D eigenvalue weighted by Gasteiger charge is -2.25. The maximum absolute atomic E-state index is 12.1. The van der Waals surface area contributed by atoms with Crippen LogP contribution in [0.2, 0.25) is 0 Å². The van der Waals surface area contributed by atoms with Crippen LogP contribution in [0.4, 0.5) is 0 Å². The van der Waals surface area contributed by atoms with Crippen LogP contribution in [0.25, 0.3) is 0 Å². The van der Waals surface area contributed by atoms with Gasteiger partial charge < -0.3 is 20.7 Å². The molecule has 0 aromatic rings. The number of rotatable bonds is 3. The number of amides is 2. The van der Waals surface area contributed by atoms with E-state index in [2.05, 4.69) is 5.32 Å². The lowest BCUT2D eigenvalue weighted by molar-refractivity contribution is -0.135. The largest absolute Gasteiger partial charge is 0.379 e. The zero-order valence-electron chi connectivity index (χ0n) is 10.8. The summed E-state index contributed by atoms with van der Waals surface area (Å²) in [6.45, 7) is 4.15. The molecule has 2 fully saturated rings. The van der Waals surface area contributed by atoms with Crippen molar-refractivity contribution in [3.63, 3.8) is 0 Å². The summed E-state index contributed by atoms with van der Waals surface area (Å²) in [7, 11) is 0. The van der Waals surface area contributed by atoms with Gasteiger partial charge in [-0.15, -0.1) is 0 Å². The van der Waals surface area contributed by atoms with E-state index in [4.69, 9.17) is 10.5 Å². The van der Waals surface area contributed by atoms with E-state index in [1.54, 1.807) is 11.8 Å². The first-order valence-electron chi connectivity index (χ1n) is 6.43. The Kier molecular flexibility index (Phi) is 3.87. The molecule has 2 aliphatic heterocycles. The summed E-state index contributed by atoms with van der Waals surface area (Å²) >= 11 is 0. The standard InChI is InChI=1S/C12H21N3O3/c1-12(8-18-7-9(12)13)11(17)14-6-10(16)15-4-2-3-5-15/h9H,2-8,13H2,1H3,(H,14,17). The van der Waals surface area contributed by atoms with E-state index in [9.17, 15) is 9.59 Å². The molecule has 2 amide bonds. The second-order valence-corrected chi connectivity index (χ2v) is 5.31. The lowest BCUT2D eigenvalue weighted by Crippen LogP contribution is -2.51. The average Bonchev–Trinajstić information content (AvgIpc) is 2.98. The number of nitrogens with zero attached hydrogens (tertiary/aromatic N) is 1. The van der Waals surface area contributed by atoms with Crippen molar-refractivity contribution in [2.75, 3.05) is 32.8 Å². The van der Waals surface area contributed by atoms with E-state index in [-0.39, 0.29) is 24.4 Å². The molecular weight excluding hydrogens is 234 g/mol. The van der Waals surface area contributed by atoms with Crippen LogP contribution in [0.3, 0.4) is 0 Å². The van der Waals surface area contributed by atoms with Gasteiger partial charge in [-0.3, -0.25) is 9.59 Å². The normalized spacial score (nSPS) is 31.7. The molecule has 0 aromatic carbocycles. The Morgan fingerprint density at radius 3 is 2.67 bits per heavy atom. The Morgan fingerprint density at radius 2 is 2.11 bits per heavy atom. The molecule has 6 heteroatoms. The topological polar surface area (TPSA) is 84.7 Å². The van der Waals surface area contributed by atoms with Crippen molar-refractivity contribution in [3.05, 3.63) is 0 Å². The number of ether oxygens (including phenoxy) is 1. The SMILES string of the molecule is CC1(C(=O)NCC(=O)N2CCCC2)COCC1N. The highest BCUT2D eigenvalue weighted by molar-refractivity contribution is 5.88. The van der Waals surface area contributed by atoms with E-state index in [1.165, 1.54) is 0 Å². The summed E-state index contributed by atoms with van der Waals surface area (Å²) in [6.07, 6.45) is 2.10. The fourth-order valence-electron chi connectivity index (χ4n) is 2.36. The van der Waals surface area contributed by atoms with Crippen molar-refractivity contribution >= 4 is 11.8 Å². The highest BCUT2D eigenvalue weighted by Crippen LogP contribution is 2.26. The van der Waals surface area contributed by atoms with Crippen LogP contribution < -0.4 is 11.1 Å². The number of carbonyl (C=O) groups excluding carboxylic acids is 2. The van der Waals surface area contributed by atoms with Crippen LogP contribution >= 0.6 is 0 Å². The summed E-state index contributed by atoms with van der Waals surface area (Å²) in [5, 5.41) is 2.68. The fourth-order valence-corrected chi connectivity index (χ4v) is 2.36. The third-order valence-electron chi connectivity index (χ3n) is 3.90. The van der Waals surface area contributed by atoms with Gasteiger partial charge in [-0.2, -0.15) is 0 Å². The molecule has 2 rings (SSSR count). The minimum Gasteiger partial charge on any atom is -0.379 e. The van der Waals surface area contributed by atoms with Crippen molar-refractivity contribution < 1.29 is 14.3 Å². The Bertz CT molecular complexity index is 341. The number of nitrogens with two attached hydrogens (primary N) is 1. The second-order valence-electron chi connectivity index (χ2n) is 5.31. The Labute approximate surface area is 107 Å². The molecule has 0 radical (unpaired) electrons. The monoisotopic (exact) mass is 255 g/mol. The third kappa shape index (κ3) is 2.49. The second kappa shape index (κ2) is 5.24. The quantitative estimate of drug-likeness (QED) is 0.683. The van der Waals surface area contributed by atoms with Crippen molar-refractivity contribution in [2.24, 2.45) is 11.1 Å². The number of hydrogen-bond acceptors (Lipinski definition) is 4. The Hall–Kier alpha value is -1.14. The molecule has 6 nitrogen and oxygen atoms in total. The molecule has 2 unspecified atom stereocenters. The smallest absolute Gasteiger partial charge is 0.241 e. The molecule has 0 aromatic heterocycles. The summed E-state index contributed by atoms with van der Waals surface area (Å²) in [6, 6.07) is -0.306. The van der Waals surface area contributed by atoms with Gasteiger partial charge in [0.25, 0.3) is 0 Å². The number of nitrogens with one attached hydrogen (secondary N) is 1. The third-order valence-corrected chi connectivity index (χ3v) is 3.90. The highest BCUT2D eigenvalue weighted by Gasteiger charge is 2.44. The van der Waals surface area contributed by atoms with Gasteiger partial charge in [0.2, 0.25) is 11.8 Å². The summed E-state index contributed by atoms with van der Waals surface area (Å²) in [5.74, 6) is -0.211. The first kappa shape index (κ1) is 13.3. The van der Waals surface area contributed by atoms with E-state index in [1.807, 2.05) is 0 Å². The molecule has 0 bridgehead atoms. The average molecular weight is 255 g/mol. The molecule has 2 saturated heterocycles. The van der Waals surface area contributed by atoms with E-state index in [0.29, 0.717) is 13.2 Å². The zero-order valence-corrected chi connectivity index (χ0v) is 10.8. The Morgan fingerprint density at radius 1 is 1.44 bits per heavy atom. The van der Waals surface area contributed by atoms with Crippen molar-refractivity contribution in [3.8, 4) is 0 Å². The van der Waals surface area contributed by atoms with Gasteiger partial charge in [0.1, 0.15) is 0 Å². The molecular formula is C12H21N3O3. The maximum atomic E-state index is 12.1. The van der Waals surface area contributed by atoms with Gasteiger partial charge in [0, 0.05) is 19.1 Å². The van der Waals surface area contributed by atoms with E-state index >= 15 is 0 Å². The first-order valence-corrected chi connectivity index (χ1v) is 6.43. The molecule has 0 saturated carbocycles. The fraction of sp³-hybridized carbons (Fsp3) is 0.833. The number of hydrogen-bond donors (Lipinski definition) is 2. The number of carbonyl (C=O) groups is 2. The van der Waals surface area contributed by atoms with E-state index < -0.39 is 5.41 Å². The van der Waals surface area contributed by atoms with Gasteiger partial charge in [-0.25, -0.2) is 0 Å². The van der Waals surface area contributed by atoms with Crippen LogP contribution in [0.15, 0.2) is 0 Å². The van der Waals surface area contributed by atoms with Gasteiger partial charge in [-0.05, 0) is 19.8 Å². The lowest BCUT2D eigenvalue weighted by atomic mass is 9.85.